The van der Waals surface area contributed by atoms with Gasteiger partial charge in [-0.05, 0) is 35.4 Å². The molecule has 0 saturated carbocycles. The van der Waals surface area contributed by atoms with Crippen molar-refractivity contribution in [2.45, 2.75) is 12.8 Å². The lowest BCUT2D eigenvalue weighted by molar-refractivity contribution is -0.122. The fourth-order valence-corrected chi connectivity index (χ4v) is 5.94. The number of thiazole rings is 1. The molecule has 34 heavy (non-hydrogen) atoms. The maximum Gasteiger partial charge on any atom is 0.266 e. The molecule has 2 amide bonds. The minimum absolute atomic E-state index is 0.0870. The van der Waals surface area contributed by atoms with E-state index in [0.29, 0.717) is 35.8 Å². The van der Waals surface area contributed by atoms with Crippen LogP contribution in [0, 0.1) is 0 Å². The Bertz CT molecular complexity index is 1310. The van der Waals surface area contributed by atoms with E-state index in [4.69, 9.17) is 47.0 Å². The largest absolute Gasteiger partial charge is 0.302 e. The summed E-state index contributed by atoms with van der Waals surface area (Å²) in [6.07, 6.45) is 4.08. The highest BCUT2D eigenvalue weighted by molar-refractivity contribution is 8.26. The number of thioether (sulfide) groups is 1. The van der Waals surface area contributed by atoms with E-state index < -0.39 is 0 Å². The quantitative estimate of drug-likeness (QED) is 0.247. The van der Waals surface area contributed by atoms with Crippen LogP contribution in [0.4, 0.5) is 5.13 Å². The predicted molar refractivity (Wildman–Crippen MR) is 146 cm³/mol. The Morgan fingerprint density at radius 3 is 2.71 bits per heavy atom. The summed E-state index contributed by atoms with van der Waals surface area (Å²) in [6.45, 7) is 0.176. The molecule has 1 N–H and O–H groups in total. The van der Waals surface area contributed by atoms with Crippen LogP contribution in [0.3, 0.4) is 0 Å². The third-order valence-corrected chi connectivity index (χ3v) is 8.03. The summed E-state index contributed by atoms with van der Waals surface area (Å²) in [7, 11) is 0. The number of hydrogen-bond acceptors (Lipinski definition) is 6. The summed E-state index contributed by atoms with van der Waals surface area (Å²) in [5, 5.41) is 4.97. The van der Waals surface area contributed by atoms with Crippen LogP contribution in [-0.4, -0.2) is 32.6 Å². The molecule has 1 saturated heterocycles. The molecule has 5 nitrogen and oxygen atoms in total. The monoisotopic (exact) mass is 567 g/mol. The van der Waals surface area contributed by atoms with Crippen molar-refractivity contribution in [1.82, 2.24) is 9.88 Å². The van der Waals surface area contributed by atoms with Crippen LogP contribution >= 0.6 is 70.1 Å². The summed E-state index contributed by atoms with van der Waals surface area (Å²) in [6, 6.07) is 12.6. The highest BCUT2D eigenvalue weighted by atomic mass is 35.5. The number of nitrogens with one attached hydrogen (secondary N) is 1. The molecule has 1 aliphatic rings. The number of carbonyl (C=O) groups excluding carboxylic acids is 2. The van der Waals surface area contributed by atoms with Gasteiger partial charge in [-0.3, -0.25) is 14.5 Å². The minimum atomic E-state index is -0.255. The second-order valence-corrected chi connectivity index (χ2v) is 11.2. The van der Waals surface area contributed by atoms with Crippen LogP contribution in [-0.2, 0) is 16.0 Å². The van der Waals surface area contributed by atoms with Crippen molar-refractivity contribution in [3.63, 3.8) is 0 Å². The Morgan fingerprint density at radius 2 is 1.94 bits per heavy atom. The first-order valence-electron chi connectivity index (χ1n) is 9.98. The van der Waals surface area contributed by atoms with Gasteiger partial charge in [0.1, 0.15) is 4.32 Å². The van der Waals surface area contributed by atoms with E-state index in [2.05, 4.69) is 10.3 Å². The molecule has 1 fully saturated rings. The van der Waals surface area contributed by atoms with Crippen molar-refractivity contribution in [2.75, 3.05) is 11.9 Å². The molecule has 0 unspecified atom stereocenters. The van der Waals surface area contributed by atoms with Gasteiger partial charge in [-0.25, -0.2) is 4.98 Å². The Balaban J connectivity index is 1.32. The fraction of sp³-hybridized carbons (Fsp3) is 0.130. The standard InChI is InChI=1S/C23H16Cl3N3O2S3/c24-15-6-5-14(18(26)11-15)9-16-12-27-22(33-16)28-20(30)7-8-29-21(31)19(34-23(29)32)10-13-3-1-2-4-17(13)25/h1-6,10-12H,7-9H2,(H,27,28,30)/b19-10-. The number of hydrogen-bond donors (Lipinski definition) is 1. The molecule has 2 aromatic carbocycles. The Morgan fingerprint density at radius 1 is 1.15 bits per heavy atom. The lowest BCUT2D eigenvalue weighted by atomic mass is 10.1. The number of aromatic nitrogens is 1. The number of carbonyl (C=O) groups is 2. The summed E-state index contributed by atoms with van der Waals surface area (Å²) in [5.74, 6) is -0.492. The summed E-state index contributed by atoms with van der Waals surface area (Å²) < 4.78 is 0.410. The van der Waals surface area contributed by atoms with Gasteiger partial charge in [0.25, 0.3) is 5.91 Å². The van der Waals surface area contributed by atoms with E-state index in [9.17, 15) is 9.59 Å². The molecule has 1 aromatic heterocycles. The van der Waals surface area contributed by atoms with Crippen LogP contribution in [0.1, 0.15) is 22.4 Å². The van der Waals surface area contributed by atoms with Crippen LogP contribution in [0.25, 0.3) is 6.08 Å². The van der Waals surface area contributed by atoms with Gasteiger partial charge < -0.3 is 5.32 Å². The maximum atomic E-state index is 12.8. The fourth-order valence-electron chi connectivity index (χ4n) is 3.12. The molecule has 1 aliphatic heterocycles. The lowest BCUT2D eigenvalue weighted by Gasteiger charge is -2.13. The van der Waals surface area contributed by atoms with Gasteiger partial charge in [-0.15, -0.1) is 11.3 Å². The van der Waals surface area contributed by atoms with Gasteiger partial charge in [0, 0.05) is 45.5 Å². The number of halogens is 3. The van der Waals surface area contributed by atoms with Crippen LogP contribution in [0.2, 0.25) is 15.1 Å². The molecule has 0 aliphatic carbocycles. The first-order chi connectivity index (χ1) is 16.3. The SMILES string of the molecule is O=C(CCN1C(=O)/C(=C/c2ccccc2Cl)SC1=S)Nc1ncc(Cc2ccc(Cl)cc2Cl)s1. The van der Waals surface area contributed by atoms with Crippen LogP contribution in [0.15, 0.2) is 53.6 Å². The molecule has 0 atom stereocenters. The topological polar surface area (TPSA) is 62.3 Å². The summed E-state index contributed by atoms with van der Waals surface area (Å²) in [4.78, 5) is 32.3. The number of nitrogens with zero attached hydrogens (tertiary/aromatic N) is 2. The summed E-state index contributed by atoms with van der Waals surface area (Å²) >= 11 is 26.3. The van der Waals surface area contributed by atoms with Crippen molar-refractivity contribution >= 4 is 97.5 Å². The highest BCUT2D eigenvalue weighted by Crippen LogP contribution is 2.34. The molecule has 0 spiro atoms. The van der Waals surface area contributed by atoms with Crippen molar-refractivity contribution in [1.29, 1.82) is 0 Å². The number of thiocarbonyl (C=S) groups is 1. The first kappa shape index (κ1) is 25.2. The van der Waals surface area contributed by atoms with Crippen molar-refractivity contribution in [3.8, 4) is 0 Å². The molecule has 4 rings (SSSR count). The molecule has 174 valence electrons. The van der Waals surface area contributed by atoms with Gasteiger partial charge in [0.15, 0.2) is 5.13 Å². The number of amides is 2. The zero-order valence-electron chi connectivity index (χ0n) is 17.4. The van der Waals surface area contributed by atoms with Gasteiger partial charge in [0.2, 0.25) is 5.91 Å². The Kier molecular flexibility index (Phi) is 8.29. The average molecular weight is 569 g/mol. The Labute approximate surface area is 225 Å². The van der Waals surface area contributed by atoms with Crippen LogP contribution in [0.5, 0.6) is 0 Å². The lowest BCUT2D eigenvalue weighted by Crippen LogP contribution is -2.31. The first-order valence-corrected chi connectivity index (χ1v) is 13.2. The zero-order chi connectivity index (χ0) is 24.2. The van der Waals surface area contributed by atoms with E-state index in [0.717, 1.165) is 16.0 Å². The van der Waals surface area contributed by atoms with Crippen molar-refractivity contribution < 1.29 is 9.59 Å². The van der Waals surface area contributed by atoms with Gasteiger partial charge >= 0.3 is 0 Å². The molecule has 2 heterocycles. The van der Waals surface area contributed by atoms with E-state index in [1.807, 2.05) is 24.3 Å². The van der Waals surface area contributed by atoms with Gasteiger partial charge in [-0.1, -0.05) is 83.0 Å². The minimum Gasteiger partial charge on any atom is -0.302 e. The van der Waals surface area contributed by atoms with E-state index >= 15 is 0 Å². The molecule has 0 radical (unpaired) electrons. The molecular formula is C23H16Cl3N3O2S3. The van der Waals surface area contributed by atoms with Gasteiger partial charge in [-0.2, -0.15) is 0 Å². The smallest absolute Gasteiger partial charge is 0.266 e. The zero-order valence-corrected chi connectivity index (χ0v) is 22.1. The van der Waals surface area contributed by atoms with Crippen molar-refractivity contribution in [2.24, 2.45) is 0 Å². The van der Waals surface area contributed by atoms with E-state index in [-0.39, 0.29) is 24.8 Å². The third kappa shape index (κ3) is 6.19. The maximum absolute atomic E-state index is 12.8. The molecule has 11 heteroatoms. The second-order valence-electron chi connectivity index (χ2n) is 7.20. The second kappa shape index (κ2) is 11.2. The molecular weight excluding hydrogens is 553 g/mol. The van der Waals surface area contributed by atoms with E-state index in [1.54, 1.807) is 30.5 Å². The van der Waals surface area contributed by atoms with Crippen LogP contribution < -0.4 is 5.32 Å². The predicted octanol–water partition coefficient (Wildman–Crippen LogP) is 6.92. The Hall–Kier alpha value is -1.94. The summed E-state index contributed by atoms with van der Waals surface area (Å²) in [5.41, 5.74) is 1.66. The van der Waals surface area contributed by atoms with E-state index in [1.165, 1.54) is 28.0 Å². The number of rotatable bonds is 7. The van der Waals surface area contributed by atoms with Gasteiger partial charge in [0.05, 0.1) is 4.91 Å². The third-order valence-electron chi connectivity index (χ3n) is 4.81. The molecule has 0 bridgehead atoms. The normalized spacial score (nSPS) is 14.8. The highest BCUT2D eigenvalue weighted by Gasteiger charge is 2.32. The number of benzene rings is 2. The molecule has 3 aromatic rings. The number of anilines is 1. The average Bonchev–Trinajstić information content (AvgIpc) is 3.33. The van der Waals surface area contributed by atoms with Crippen molar-refractivity contribution in [3.05, 3.63) is 84.6 Å².